The van der Waals surface area contributed by atoms with E-state index in [0.717, 1.165) is 17.9 Å². The molecule has 0 aromatic heterocycles. The van der Waals surface area contributed by atoms with Crippen molar-refractivity contribution in [2.24, 2.45) is 17.3 Å². The van der Waals surface area contributed by atoms with E-state index >= 15 is 0 Å². The van der Waals surface area contributed by atoms with Crippen molar-refractivity contribution in [1.82, 2.24) is 5.32 Å². The normalized spacial score (nSPS) is 32.2. The van der Waals surface area contributed by atoms with Gasteiger partial charge >= 0.3 is 0 Å². The van der Waals surface area contributed by atoms with Crippen LogP contribution in [0, 0.1) is 17.3 Å². The van der Waals surface area contributed by atoms with Crippen molar-refractivity contribution in [2.75, 3.05) is 6.54 Å². The lowest BCUT2D eigenvalue weighted by atomic mass is 9.91. The monoisotopic (exact) mass is 211 g/mol. The molecule has 0 radical (unpaired) electrons. The molecule has 0 aromatic carbocycles. The molecule has 0 amide bonds. The highest BCUT2D eigenvalue weighted by molar-refractivity contribution is 4.86. The maximum atomic E-state index is 3.75. The van der Waals surface area contributed by atoms with Gasteiger partial charge in [-0.2, -0.15) is 0 Å². The first-order chi connectivity index (χ1) is 6.94. The lowest BCUT2D eigenvalue weighted by Crippen LogP contribution is -2.34. The topological polar surface area (TPSA) is 12.0 Å². The van der Waals surface area contributed by atoms with Gasteiger partial charge in [0.05, 0.1) is 0 Å². The highest BCUT2D eigenvalue weighted by Gasteiger charge is 2.30. The van der Waals surface area contributed by atoms with E-state index in [1.54, 1.807) is 0 Å². The average Bonchev–Trinajstić information content (AvgIpc) is 2.46. The van der Waals surface area contributed by atoms with Crippen LogP contribution >= 0.6 is 0 Å². The Kier molecular flexibility index (Phi) is 4.64. The third kappa shape index (κ3) is 4.14. The van der Waals surface area contributed by atoms with E-state index in [4.69, 9.17) is 0 Å². The molecule has 1 saturated carbocycles. The van der Waals surface area contributed by atoms with Crippen LogP contribution < -0.4 is 5.32 Å². The fourth-order valence-electron chi connectivity index (χ4n) is 2.74. The number of nitrogens with one attached hydrogen (secondary N) is 1. The van der Waals surface area contributed by atoms with Crippen LogP contribution in [0.3, 0.4) is 0 Å². The molecule has 0 saturated heterocycles. The predicted molar refractivity (Wildman–Crippen MR) is 68.0 cm³/mol. The van der Waals surface area contributed by atoms with Crippen LogP contribution in [0.5, 0.6) is 0 Å². The average molecular weight is 211 g/mol. The summed E-state index contributed by atoms with van der Waals surface area (Å²) in [5, 5.41) is 3.75. The zero-order valence-corrected chi connectivity index (χ0v) is 11.3. The maximum absolute atomic E-state index is 3.75. The van der Waals surface area contributed by atoms with Crippen molar-refractivity contribution >= 4 is 0 Å². The van der Waals surface area contributed by atoms with E-state index < -0.39 is 0 Å². The molecule has 3 atom stereocenters. The smallest absolute Gasteiger partial charge is 0.00954 e. The Labute approximate surface area is 96.0 Å². The number of hydrogen-bond donors (Lipinski definition) is 1. The van der Waals surface area contributed by atoms with Gasteiger partial charge in [0.2, 0.25) is 0 Å². The summed E-state index contributed by atoms with van der Waals surface area (Å²) in [4.78, 5) is 0. The second-order valence-corrected chi connectivity index (χ2v) is 6.48. The van der Waals surface area contributed by atoms with Gasteiger partial charge in [-0.1, -0.05) is 41.0 Å². The minimum atomic E-state index is 0.471. The molecule has 0 heterocycles. The quantitative estimate of drug-likeness (QED) is 0.745. The summed E-state index contributed by atoms with van der Waals surface area (Å²) in [6.07, 6.45) is 5.47. The number of hydrogen-bond acceptors (Lipinski definition) is 1. The highest BCUT2D eigenvalue weighted by Crippen LogP contribution is 2.33. The van der Waals surface area contributed by atoms with Crippen LogP contribution in [-0.4, -0.2) is 12.6 Å². The van der Waals surface area contributed by atoms with Crippen molar-refractivity contribution in [3.8, 4) is 0 Å². The fraction of sp³-hybridized carbons (Fsp3) is 1.00. The molecule has 15 heavy (non-hydrogen) atoms. The molecule has 1 aliphatic rings. The van der Waals surface area contributed by atoms with Gasteiger partial charge in [-0.05, 0) is 43.1 Å². The van der Waals surface area contributed by atoms with E-state index in [1.165, 1.54) is 32.2 Å². The third-order valence-corrected chi connectivity index (χ3v) is 4.03. The Bertz CT molecular complexity index is 180. The van der Waals surface area contributed by atoms with Crippen LogP contribution in [-0.2, 0) is 0 Å². The largest absolute Gasteiger partial charge is 0.314 e. The zero-order valence-electron chi connectivity index (χ0n) is 11.3. The summed E-state index contributed by atoms with van der Waals surface area (Å²) >= 11 is 0. The van der Waals surface area contributed by atoms with Crippen LogP contribution in [0.25, 0.3) is 0 Å². The Balaban J connectivity index is 2.23. The molecule has 1 nitrogen and oxygen atoms in total. The van der Waals surface area contributed by atoms with Crippen molar-refractivity contribution in [3.63, 3.8) is 0 Å². The van der Waals surface area contributed by atoms with Crippen molar-refractivity contribution in [2.45, 2.75) is 66.3 Å². The molecule has 90 valence electrons. The molecule has 1 heteroatoms. The van der Waals surface area contributed by atoms with Gasteiger partial charge in [0.25, 0.3) is 0 Å². The lowest BCUT2D eigenvalue weighted by Gasteiger charge is -2.24. The molecule has 0 aromatic rings. The molecular weight excluding hydrogens is 182 g/mol. The van der Waals surface area contributed by atoms with E-state index in [-0.39, 0.29) is 0 Å². The van der Waals surface area contributed by atoms with Gasteiger partial charge in [0.15, 0.2) is 0 Å². The SMILES string of the molecule is CCC1CCC(NCCC(C)(C)C)C1C. The predicted octanol–water partition coefficient (Wildman–Crippen LogP) is 3.84. The molecule has 1 N–H and O–H groups in total. The Morgan fingerprint density at radius 2 is 1.87 bits per heavy atom. The maximum Gasteiger partial charge on any atom is 0.00954 e. The van der Waals surface area contributed by atoms with Gasteiger partial charge in [0.1, 0.15) is 0 Å². The first-order valence-electron chi connectivity index (χ1n) is 6.67. The number of rotatable bonds is 4. The van der Waals surface area contributed by atoms with Gasteiger partial charge < -0.3 is 5.32 Å². The molecule has 1 aliphatic carbocycles. The van der Waals surface area contributed by atoms with Gasteiger partial charge in [-0.25, -0.2) is 0 Å². The summed E-state index contributed by atoms with van der Waals surface area (Å²) in [7, 11) is 0. The molecule has 1 rings (SSSR count). The minimum Gasteiger partial charge on any atom is -0.314 e. The van der Waals surface area contributed by atoms with Crippen molar-refractivity contribution < 1.29 is 0 Å². The third-order valence-electron chi connectivity index (χ3n) is 4.03. The zero-order chi connectivity index (χ0) is 11.5. The first-order valence-corrected chi connectivity index (χ1v) is 6.67. The van der Waals surface area contributed by atoms with Crippen molar-refractivity contribution in [3.05, 3.63) is 0 Å². The summed E-state index contributed by atoms with van der Waals surface area (Å²) in [5.74, 6) is 1.85. The molecule has 1 fully saturated rings. The first kappa shape index (κ1) is 13.0. The fourth-order valence-corrected chi connectivity index (χ4v) is 2.74. The Morgan fingerprint density at radius 1 is 1.20 bits per heavy atom. The molecule has 0 spiro atoms. The summed E-state index contributed by atoms with van der Waals surface area (Å²) in [6.45, 7) is 12.9. The summed E-state index contributed by atoms with van der Waals surface area (Å²) < 4.78 is 0. The summed E-state index contributed by atoms with van der Waals surface area (Å²) in [5.41, 5.74) is 0.471. The highest BCUT2D eigenvalue weighted by atomic mass is 14.9. The van der Waals surface area contributed by atoms with E-state index in [1.807, 2.05) is 0 Å². The molecule has 3 unspecified atom stereocenters. The standard InChI is InChI=1S/C14H29N/c1-6-12-7-8-13(11(12)2)15-10-9-14(3,4)5/h11-13,15H,6-10H2,1-5H3. The summed E-state index contributed by atoms with van der Waals surface area (Å²) in [6, 6.07) is 0.789. The van der Waals surface area contributed by atoms with Crippen molar-refractivity contribution in [1.29, 1.82) is 0 Å². The van der Waals surface area contributed by atoms with Crippen LogP contribution in [0.1, 0.15) is 60.3 Å². The van der Waals surface area contributed by atoms with E-state index in [0.29, 0.717) is 5.41 Å². The van der Waals surface area contributed by atoms with Crippen LogP contribution in [0.2, 0.25) is 0 Å². The molecule has 0 aliphatic heterocycles. The Hall–Kier alpha value is -0.0400. The van der Waals surface area contributed by atoms with Gasteiger partial charge in [0, 0.05) is 6.04 Å². The van der Waals surface area contributed by atoms with Gasteiger partial charge in [-0.15, -0.1) is 0 Å². The molecule has 0 bridgehead atoms. The van der Waals surface area contributed by atoms with E-state index in [2.05, 4.69) is 39.9 Å². The second-order valence-electron chi connectivity index (χ2n) is 6.48. The minimum absolute atomic E-state index is 0.471. The molecular formula is C14H29N. The van der Waals surface area contributed by atoms with Crippen LogP contribution in [0.4, 0.5) is 0 Å². The van der Waals surface area contributed by atoms with E-state index in [9.17, 15) is 0 Å². The lowest BCUT2D eigenvalue weighted by molar-refractivity contribution is 0.314. The van der Waals surface area contributed by atoms with Crippen LogP contribution in [0.15, 0.2) is 0 Å². The second kappa shape index (κ2) is 5.34. The van der Waals surface area contributed by atoms with Gasteiger partial charge in [-0.3, -0.25) is 0 Å². The Morgan fingerprint density at radius 3 is 2.33 bits per heavy atom.